The molecule has 1 heterocycles. The van der Waals surface area contributed by atoms with Gasteiger partial charge in [0.25, 0.3) is 0 Å². The zero-order chi connectivity index (χ0) is 15.0. The number of rotatable bonds is 5. The highest BCUT2D eigenvalue weighted by Crippen LogP contribution is 2.37. The SMILES string of the molecule is Cn1cc(S(=O)(=O)NCC2(C)CCCC2)cc1C(=O)O. The lowest BCUT2D eigenvalue weighted by Crippen LogP contribution is -2.34. The molecule has 1 aliphatic rings. The van der Waals surface area contributed by atoms with Gasteiger partial charge in [-0.15, -0.1) is 0 Å². The summed E-state index contributed by atoms with van der Waals surface area (Å²) in [6.07, 6.45) is 5.62. The molecule has 0 atom stereocenters. The molecule has 20 heavy (non-hydrogen) atoms. The van der Waals surface area contributed by atoms with Crippen molar-refractivity contribution in [3.05, 3.63) is 18.0 Å². The van der Waals surface area contributed by atoms with Gasteiger partial charge >= 0.3 is 5.97 Å². The van der Waals surface area contributed by atoms with Crippen molar-refractivity contribution >= 4 is 16.0 Å². The molecular weight excluding hydrogens is 280 g/mol. The van der Waals surface area contributed by atoms with Crippen LogP contribution >= 0.6 is 0 Å². The number of aryl methyl sites for hydroxylation is 1. The van der Waals surface area contributed by atoms with Crippen LogP contribution in [-0.4, -0.2) is 30.6 Å². The van der Waals surface area contributed by atoms with E-state index in [0.29, 0.717) is 6.54 Å². The number of carboxylic acids is 1. The second kappa shape index (κ2) is 5.21. The monoisotopic (exact) mass is 300 g/mol. The van der Waals surface area contributed by atoms with Crippen molar-refractivity contribution in [2.75, 3.05) is 6.54 Å². The summed E-state index contributed by atoms with van der Waals surface area (Å²) in [5.74, 6) is -1.14. The van der Waals surface area contributed by atoms with Gasteiger partial charge in [-0.3, -0.25) is 0 Å². The van der Waals surface area contributed by atoms with Crippen LogP contribution in [0.5, 0.6) is 0 Å². The van der Waals surface area contributed by atoms with E-state index >= 15 is 0 Å². The van der Waals surface area contributed by atoms with Crippen molar-refractivity contribution < 1.29 is 18.3 Å². The van der Waals surface area contributed by atoms with Gasteiger partial charge < -0.3 is 9.67 Å². The topological polar surface area (TPSA) is 88.4 Å². The molecule has 1 aromatic rings. The number of aromatic carboxylic acids is 1. The predicted octanol–water partition coefficient (Wildman–Crippen LogP) is 1.58. The van der Waals surface area contributed by atoms with Crippen LogP contribution < -0.4 is 4.72 Å². The highest BCUT2D eigenvalue weighted by atomic mass is 32.2. The average Bonchev–Trinajstić information content (AvgIpc) is 2.94. The zero-order valence-corrected chi connectivity index (χ0v) is 12.5. The normalized spacial score (nSPS) is 18.3. The molecule has 7 heteroatoms. The molecule has 1 fully saturated rings. The largest absolute Gasteiger partial charge is 0.477 e. The average molecular weight is 300 g/mol. The summed E-state index contributed by atoms with van der Waals surface area (Å²) in [5, 5.41) is 8.95. The first-order chi connectivity index (χ1) is 9.23. The minimum absolute atomic E-state index is 0.000929. The van der Waals surface area contributed by atoms with Gasteiger partial charge in [-0.2, -0.15) is 0 Å². The maximum atomic E-state index is 12.2. The number of sulfonamides is 1. The van der Waals surface area contributed by atoms with Crippen molar-refractivity contribution in [1.29, 1.82) is 0 Å². The van der Waals surface area contributed by atoms with Crippen molar-refractivity contribution in [3.8, 4) is 0 Å². The molecule has 1 aliphatic carbocycles. The molecule has 1 aromatic heterocycles. The smallest absolute Gasteiger partial charge is 0.352 e. The van der Waals surface area contributed by atoms with Gasteiger partial charge in [0, 0.05) is 19.8 Å². The van der Waals surface area contributed by atoms with Gasteiger partial charge in [0.1, 0.15) is 10.6 Å². The van der Waals surface area contributed by atoms with E-state index in [0.717, 1.165) is 25.7 Å². The summed E-state index contributed by atoms with van der Waals surface area (Å²) >= 11 is 0. The molecule has 2 N–H and O–H groups in total. The van der Waals surface area contributed by atoms with E-state index in [-0.39, 0.29) is 16.0 Å². The number of carboxylic acid groups (broad SMARTS) is 1. The molecule has 0 unspecified atom stereocenters. The Kier molecular flexibility index (Phi) is 3.93. The van der Waals surface area contributed by atoms with Gasteiger partial charge in [-0.25, -0.2) is 17.9 Å². The Morgan fingerprint density at radius 1 is 1.45 bits per heavy atom. The van der Waals surface area contributed by atoms with Crippen LogP contribution in [0.1, 0.15) is 43.1 Å². The number of carbonyl (C=O) groups is 1. The van der Waals surface area contributed by atoms with Crippen LogP contribution in [0.15, 0.2) is 17.2 Å². The molecule has 0 aliphatic heterocycles. The maximum absolute atomic E-state index is 12.2. The van der Waals surface area contributed by atoms with Crippen molar-refractivity contribution in [3.63, 3.8) is 0 Å². The number of hydrogen-bond donors (Lipinski definition) is 2. The third-order valence-corrected chi connectivity index (χ3v) is 5.38. The first kappa shape index (κ1) is 15.1. The van der Waals surface area contributed by atoms with Crippen molar-refractivity contribution in [1.82, 2.24) is 9.29 Å². The predicted molar refractivity (Wildman–Crippen MR) is 74.1 cm³/mol. The number of nitrogens with zero attached hydrogens (tertiary/aromatic N) is 1. The van der Waals surface area contributed by atoms with E-state index in [1.54, 1.807) is 0 Å². The van der Waals surface area contributed by atoms with Gasteiger partial charge in [-0.1, -0.05) is 19.8 Å². The Hall–Kier alpha value is -1.34. The van der Waals surface area contributed by atoms with Crippen molar-refractivity contribution in [2.45, 2.75) is 37.5 Å². The Bertz CT molecular complexity index is 612. The second-order valence-electron chi connectivity index (χ2n) is 5.82. The molecule has 2 rings (SSSR count). The summed E-state index contributed by atoms with van der Waals surface area (Å²) in [4.78, 5) is 10.9. The minimum Gasteiger partial charge on any atom is -0.477 e. The summed E-state index contributed by atoms with van der Waals surface area (Å²) in [6.45, 7) is 2.48. The van der Waals surface area contributed by atoms with E-state index in [4.69, 9.17) is 5.11 Å². The molecular formula is C13H20N2O4S. The molecule has 1 saturated carbocycles. The highest BCUT2D eigenvalue weighted by molar-refractivity contribution is 7.89. The first-order valence-corrected chi connectivity index (χ1v) is 8.11. The van der Waals surface area contributed by atoms with E-state index in [1.807, 2.05) is 0 Å². The fourth-order valence-corrected chi connectivity index (χ4v) is 3.92. The van der Waals surface area contributed by atoms with Crippen LogP contribution in [0.4, 0.5) is 0 Å². The first-order valence-electron chi connectivity index (χ1n) is 6.63. The Labute approximate surface area is 118 Å². The Balaban J connectivity index is 2.14. The third-order valence-electron chi connectivity index (χ3n) is 4.01. The van der Waals surface area contributed by atoms with Crippen LogP contribution in [0.25, 0.3) is 0 Å². The molecule has 0 aromatic carbocycles. The fourth-order valence-electron chi connectivity index (χ4n) is 2.65. The molecule has 0 radical (unpaired) electrons. The number of hydrogen-bond acceptors (Lipinski definition) is 3. The van der Waals surface area contributed by atoms with Gasteiger partial charge in [0.2, 0.25) is 10.0 Å². The standard InChI is InChI=1S/C13H20N2O4S/c1-13(5-3-4-6-13)9-14-20(18,19)10-7-11(12(16)17)15(2)8-10/h7-8,14H,3-6,9H2,1-2H3,(H,16,17). The molecule has 6 nitrogen and oxygen atoms in total. The van der Waals surface area contributed by atoms with Gasteiger partial charge in [-0.05, 0) is 24.3 Å². The van der Waals surface area contributed by atoms with Crippen LogP contribution in [-0.2, 0) is 17.1 Å². The van der Waals surface area contributed by atoms with E-state index in [1.165, 1.54) is 23.9 Å². The summed E-state index contributed by atoms with van der Waals surface area (Å²) in [5.41, 5.74) is -0.0326. The molecule has 0 saturated heterocycles. The fraction of sp³-hybridized carbons (Fsp3) is 0.615. The quantitative estimate of drug-likeness (QED) is 0.864. The Morgan fingerprint density at radius 2 is 2.05 bits per heavy atom. The lowest BCUT2D eigenvalue weighted by molar-refractivity contribution is 0.0686. The van der Waals surface area contributed by atoms with E-state index < -0.39 is 16.0 Å². The molecule has 0 amide bonds. The molecule has 112 valence electrons. The van der Waals surface area contributed by atoms with Gasteiger partial charge in [0.15, 0.2) is 0 Å². The van der Waals surface area contributed by atoms with Crippen LogP contribution in [0.2, 0.25) is 0 Å². The summed E-state index contributed by atoms with van der Waals surface area (Å²) in [7, 11) is -2.14. The maximum Gasteiger partial charge on any atom is 0.352 e. The lowest BCUT2D eigenvalue weighted by atomic mass is 9.89. The van der Waals surface area contributed by atoms with Gasteiger partial charge in [0.05, 0.1) is 0 Å². The number of nitrogens with one attached hydrogen (secondary N) is 1. The molecule has 0 spiro atoms. The number of aromatic nitrogens is 1. The Morgan fingerprint density at radius 3 is 2.55 bits per heavy atom. The highest BCUT2D eigenvalue weighted by Gasteiger charge is 2.30. The summed E-state index contributed by atoms with van der Waals surface area (Å²) < 4.78 is 28.3. The van der Waals surface area contributed by atoms with E-state index in [9.17, 15) is 13.2 Å². The zero-order valence-electron chi connectivity index (χ0n) is 11.7. The third kappa shape index (κ3) is 3.04. The lowest BCUT2D eigenvalue weighted by Gasteiger charge is -2.23. The van der Waals surface area contributed by atoms with Crippen LogP contribution in [0, 0.1) is 5.41 Å². The van der Waals surface area contributed by atoms with Crippen molar-refractivity contribution in [2.24, 2.45) is 12.5 Å². The minimum atomic E-state index is -3.66. The summed E-state index contributed by atoms with van der Waals surface area (Å²) in [6, 6.07) is 1.18. The molecule has 0 bridgehead atoms. The van der Waals surface area contributed by atoms with E-state index in [2.05, 4.69) is 11.6 Å². The van der Waals surface area contributed by atoms with Crippen LogP contribution in [0.3, 0.4) is 0 Å². The second-order valence-corrected chi connectivity index (χ2v) is 7.59.